The molecule has 1 aromatic carbocycles. The highest BCUT2D eigenvalue weighted by molar-refractivity contribution is 5.57. The van der Waals surface area contributed by atoms with Crippen LogP contribution in [0.5, 0.6) is 0 Å². The Morgan fingerprint density at radius 1 is 1.20 bits per heavy atom. The van der Waals surface area contributed by atoms with E-state index >= 15 is 0 Å². The first kappa shape index (κ1) is 15.2. The maximum atomic E-state index is 3.81. The van der Waals surface area contributed by atoms with E-state index in [9.17, 15) is 0 Å². The number of anilines is 2. The number of nitrogens with zero attached hydrogens (tertiary/aromatic N) is 1. The van der Waals surface area contributed by atoms with Gasteiger partial charge in [0.25, 0.3) is 0 Å². The average Bonchev–Trinajstić information content (AvgIpc) is 2.38. The summed E-state index contributed by atoms with van der Waals surface area (Å²) >= 11 is 0. The summed E-state index contributed by atoms with van der Waals surface area (Å²) in [5.74, 6) is 2.41. The summed E-state index contributed by atoms with van der Waals surface area (Å²) in [6.45, 7) is 7.12. The number of rotatable bonds is 4. The standard InChI is InChI=1S/C18H30N2/c1-13(2)17-10-9-14(3)11-18(17)19-15-7-6-8-16(12-15)20(4)5/h6-8,12-14,17-19H,9-11H2,1-5H3. The molecule has 0 bridgehead atoms. The van der Waals surface area contributed by atoms with Crippen LogP contribution in [-0.2, 0) is 0 Å². The van der Waals surface area contributed by atoms with E-state index in [1.165, 1.54) is 30.6 Å². The van der Waals surface area contributed by atoms with Crippen molar-refractivity contribution in [1.82, 2.24) is 0 Å². The first-order valence-corrected chi connectivity index (χ1v) is 8.01. The Labute approximate surface area is 124 Å². The minimum Gasteiger partial charge on any atom is -0.382 e. The number of nitrogens with one attached hydrogen (secondary N) is 1. The molecule has 0 heterocycles. The predicted molar refractivity (Wildman–Crippen MR) is 89.5 cm³/mol. The third-order valence-electron chi connectivity index (χ3n) is 4.74. The molecule has 2 heteroatoms. The van der Waals surface area contributed by atoms with Crippen LogP contribution in [0.15, 0.2) is 24.3 Å². The Morgan fingerprint density at radius 3 is 2.60 bits per heavy atom. The molecular formula is C18H30N2. The molecule has 1 fully saturated rings. The van der Waals surface area contributed by atoms with Gasteiger partial charge in [-0.2, -0.15) is 0 Å². The molecule has 1 saturated carbocycles. The van der Waals surface area contributed by atoms with Gasteiger partial charge in [0.05, 0.1) is 0 Å². The summed E-state index contributed by atoms with van der Waals surface area (Å²) in [6.07, 6.45) is 4.05. The quantitative estimate of drug-likeness (QED) is 0.861. The zero-order valence-corrected chi connectivity index (χ0v) is 13.7. The van der Waals surface area contributed by atoms with Crippen LogP contribution in [0.4, 0.5) is 11.4 Å². The molecule has 20 heavy (non-hydrogen) atoms. The highest BCUT2D eigenvalue weighted by atomic mass is 15.1. The third kappa shape index (κ3) is 3.68. The molecule has 2 rings (SSSR count). The summed E-state index contributed by atoms with van der Waals surface area (Å²) in [7, 11) is 4.19. The van der Waals surface area contributed by atoms with Gasteiger partial charge in [-0.3, -0.25) is 0 Å². The van der Waals surface area contributed by atoms with Gasteiger partial charge in [-0.25, -0.2) is 0 Å². The molecule has 0 saturated heterocycles. The van der Waals surface area contributed by atoms with E-state index in [2.05, 4.69) is 69.3 Å². The Balaban J connectivity index is 2.11. The Bertz CT molecular complexity index is 425. The summed E-state index contributed by atoms with van der Waals surface area (Å²) in [6, 6.07) is 9.39. The van der Waals surface area contributed by atoms with E-state index in [1.54, 1.807) is 0 Å². The van der Waals surface area contributed by atoms with Crippen molar-refractivity contribution in [1.29, 1.82) is 0 Å². The van der Waals surface area contributed by atoms with E-state index in [0.29, 0.717) is 6.04 Å². The monoisotopic (exact) mass is 274 g/mol. The summed E-state index contributed by atoms with van der Waals surface area (Å²) in [4.78, 5) is 2.16. The minimum atomic E-state index is 0.621. The van der Waals surface area contributed by atoms with Crippen molar-refractivity contribution >= 4 is 11.4 Å². The van der Waals surface area contributed by atoms with Crippen LogP contribution < -0.4 is 10.2 Å². The fourth-order valence-electron chi connectivity index (χ4n) is 3.46. The van der Waals surface area contributed by atoms with Gasteiger partial charge >= 0.3 is 0 Å². The molecule has 1 aliphatic carbocycles. The Morgan fingerprint density at radius 2 is 1.95 bits per heavy atom. The van der Waals surface area contributed by atoms with Gasteiger partial charge in [0.2, 0.25) is 0 Å². The molecule has 0 radical (unpaired) electrons. The predicted octanol–water partition coefficient (Wildman–Crippen LogP) is 4.63. The van der Waals surface area contributed by atoms with Crippen LogP contribution in [0, 0.1) is 17.8 Å². The van der Waals surface area contributed by atoms with Crippen LogP contribution >= 0.6 is 0 Å². The van der Waals surface area contributed by atoms with Gasteiger partial charge in [-0.1, -0.05) is 33.3 Å². The number of hydrogen-bond acceptors (Lipinski definition) is 2. The number of hydrogen-bond donors (Lipinski definition) is 1. The van der Waals surface area contributed by atoms with E-state index in [1.807, 2.05) is 0 Å². The van der Waals surface area contributed by atoms with Crippen molar-refractivity contribution in [3.05, 3.63) is 24.3 Å². The zero-order chi connectivity index (χ0) is 14.7. The second kappa shape index (κ2) is 6.51. The molecule has 0 amide bonds. The molecule has 1 N–H and O–H groups in total. The number of benzene rings is 1. The largest absolute Gasteiger partial charge is 0.382 e. The Hall–Kier alpha value is -1.18. The summed E-state index contributed by atoms with van der Waals surface area (Å²) < 4.78 is 0. The zero-order valence-electron chi connectivity index (χ0n) is 13.7. The van der Waals surface area contributed by atoms with Crippen LogP contribution in [0.25, 0.3) is 0 Å². The molecule has 2 nitrogen and oxygen atoms in total. The van der Waals surface area contributed by atoms with E-state index < -0.39 is 0 Å². The topological polar surface area (TPSA) is 15.3 Å². The van der Waals surface area contributed by atoms with Crippen LogP contribution in [0.3, 0.4) is 0 Å². The van der Waals surface area contributed by atoms with E-state index in [4.69, 9.17) is 0 Å². The van der Waals surface area contributed by atoms with E-state index in [-0.39, 0.29) is 0 Å². The molecule has 112 valence electrons. The van der Waals surface area contributed by atoms with Crippen molar-refractivity contribution in [2.75, 3.05) is 24.3 Å². The van der Waals surface area contributed by atoms with Gasteiger partial charge < -0.3 is 10.2 Å². The van der Waals surface area contributed by atoms with Crippen molar-refractivity contribution in [2.45, 2.75) is 46.1 Å². The van der Waals surface area contributed by atoms with Crippen molar-refractivity contribution in [3.63, 3.8) is 0 Å². The van der Waals surface area contributed by atoms with Crippen LogP contribution in [0.1, 0.15) is 40.0 Å². The molecule has 0 spiro atoms. The van der Waals surface area contributed by atoms with Gasteiger partial charge in [0, 0.05) is 31.5 Å². The highest BCUT2D eigenvalue weighted by Gasteiger charge is 2.30. The molecule has 1 aromatic rings. The van der Waals surface area contributed by atoms with Gasteiger partial charge in [-0.15, -0.1) is 0 Å². The lowest BCUT2D eigenvalue weighted by molar-refractivity contribution is 0.212. The van der Waals surface area contributed by atoms with Crippen LogP contribution in [-0.4, -0.2) is 20.1 Å². The smallest absolute Gasteiger partial charge is 0.0381 e. The lowest BCUT2D eigenvalue weighted by atomic mass is 9.74. The van der Waals surface area contributed by atoms with Crippen LogP contribution in [0.2, 0.25) is 0 Å². The molecule has 3 atom stereocenters. The van der Waals surface area contributed by atoms with Gasteiger partial charge in [0.1, 0.15) is 0 Å². The summed E-state index contributed by atoms with van der Waals surface area (Å²) in [5, 5.41) is 3.81. The fraction of sp³-hybridized carbons (Fsp3) is 0.667. The second-order valence-corrected chi connectivity index (χ2v) is 7.02. The van der Waals surface area contributed by atoms with Crippen molar-refractivity contribution in [2.24, 2.45) is 17.8 Å². The maximum absolute atomic E-state index is 3.81. The molecular weight excluding hydrogens is 244 g/mol. The maximum Gasteiger partial charge on any atom is 0.0381 e. The van der Waals surface area contributed by atoms with Gasteiger partial charge in [-0.05, 0) is 48.8 Å². The van der Waals surface area contributed by atoms with Crippen molar-refractivity contribution in [3.8, 4) is 0 Å². The Kier molecular flexibility index (Phi) is 4.95. The van der Waals surface area contributed by atoms with Crippen molar-refractivity contribution < 1.29 is 0 Å². The first-order valence-electron chi connectivity index (χ1n) is 8.01. The molecule has 1 aliphatic rings. The lowest BCUT2D eigenvalue weighted by Crippen LogP contribution is -2.37. The highest BCUT2D eigenvalue weighted by Crippen LogP contribution is 2.35. The second-order valence-electron chi connectivity index (χ2n) is 7.02. The molecule has 3 unspecified atom stereocenters. The molecule has 0 aromatic heterocycles. The lowest BCUT2D eigenvalue weighted by Gasteiger charge is -2.38. The first-order chi connectivity index (χ1) is 9.47. The summed E-state index contributed by atoms with van der Waals surface area (Å²) in [5.41, 5.74) is 2.53. The molecule has 0 aliphatic heterocycles. The minimum absolute atomic E-state index is 0.621. The fourth-order valence-corrected chi connectivity index (χ4v) is 3.46. The van der Waals surface area contributed by atoms with E-state index in [0.717, 1.165) is 17.8 Å². The normalized spacial score (nSPS) is 26.6. The van der Waals surface area contributed by atoms with Gasteiger partial charge in [0.15, 0.2) is 0 Å². The third-order valence-corrected chi connectivity index (χ3v) is 4.74. The average molecular weight is 274 g/mol. The SMILES string of the molecule is CC1CCC(C(C)C)C(Nc2cccc(N(C)C)c2)C1.